The Hall–Kier alpha value is -2.74. The van der Waals surface area contributed by atoms with Crippen molar-refractivity contribution in [2.45, 2.75) is 11.8 Å². The predicted molar refractivity (Wildman–Crippen MR) is 124 cm³/mol. The lowest BCUT2D eigenvalue weighted by Gasteiger charge is -2.25. The van der Waals surface area contributed by atoms with Crippen LogP contribution in [0.5, 0.6) is 5.75 Å². The van der Waals surface area contributed by atoms with Gasteiger partial charge in [-0.25, -0.2) is 8.42 Å². The van der Waals surface area contributed by atoms with Crippen LogP contribution in [-0.2, 0) is 14.8 Å². The van der Waals surface area contributed by atoms with Crippen molar-refractivity contribution in [1.29, 1.82) is 0 Å². The zero-order chi connectivity index (χ0) is 22.6. The molecular formula is C22H20Cl2N2O4S. The largest absolute Gasteiger partial charge is 0.495 e. The third kappa shape index (κ3) is 5.31. The number of hydrogen-bond donors (Lipinski definition) is 1. The minimum Gasteiger partial charge on any atom is -0.495 e. The van der Waals surface area contributed by atoms with Crippen LogP contribution in [0.25, 0.3) is 0 Å². The van der Waals surface area contributed by atoms with E-state index in [1.54, 1.807) is 55.5 Å². The van der Waals surface area contributed by atoms with Crippen LogP contribution in [0, 0.1) is 6.92 Å². The second-order valence-corrected chi connectivity index (χ2v) is 9.34. The van der Waals surface area contributed by atoms with Crippen LogP contribution in [0.1, 0.15) is 5.56 Å². The number of sulfonamides is 1. The zero-order valence-electron chi connectivity index (χ0n) is 16.8. The van der Waals surface area contributed by atoms with Gasteiger partial charge < -0.3 is 10.1 Å². The molecule has 0 saturated heterocycles. The van der Waals surface area contributed by atoms with Crippen molar-refractivity contribution in [1.82, 2.24) is 0 Å². The third-order valence-corrected chi connectivity index (χ3v) is 6.81. The molecule has 0 aliphatic rings. The molecule has 162 valence electrons. The number of aryl methyl sites for hydroxylation is 1. The van der Waals surface area contributed by atoms with E-state index in [2.05, 4.69) is 5.32 Å². The molecule has 0 aliphatic heterocycles. The summed E-state index contributed by atoms with van der Waals surface area (Å²) in [7, 11) is -2.77. The Labute approximate surface area is 191 Å². The SMILES string of the molecule is COc1ccc(C)cc1S(=O)(=O)N(CC(=O)Nc1ccccc1Cl)c1ccc(Cl)cc1. The average Bonchev–Trinajstić information content (AvgIpc) is 2.74. The highest BCUT2D eigenvalue weighted by Gasteiger charge is 2.30. The van der Waals surface area contributed by atoms with Crippen LogP contribution in [0.4, 0.5) is 11.4 Å². The van der Waals surface area contributed by atoms with Crippen LogP contribution < -0.4 is 14.4 Å². The number of hydrogen-bond acceptors (Lipinski definition) is 4. The highest BCUT2D eigenvalue weighted by Crippen LogP contribution is 2.31. The Morgan fingerprint density at radius 3 is 2.35 bits per heavy atom. The quantitative estimate of drug-likeness (QED) is 0.509. The summed E-state index contributed by atoms with van der Waals surface area (Å²) in [5, 5.41) is 3.44. The van der Waals surface area contributed by atoms with Crippen LogP contribution in [-0.4, -0.2) is 28.0 Å². The monoisotopic (exact) mass is 478 g/mol. The van der Waals surface area contributed by atoms with E-state index in [0.29, 0.717) is 15.7 Å². The lowest BCUT2D eigenvalue weighted by molar-refractivity contribution is -0.114. The molecule has 3 rings (SSSR count). The molecule has 31 heavy (non-hydrogen) atoms. The molecule has 1 amide bonds. The number of carbonyl (C=O) groups is 1. The number of methoxy groups -OCH3 is 1. The van der Waals surface area contributed by atoms with Crippen molar-refractivity contribution in [2.24, 2.45) is 0 Å². The molecule has 0 unspecified atom stereocenters. The minimum atomic E-state index is -4.16. The van der Waals surface area contributed by atoms with Crippen LogP contribution in [0.3, 0.4) is 0 Å². The molecular weight excluding hydrogens is 459 g/mol. The van der Waals surface area contributed by atoms with E-state index in [0.717, 1.165) is 9.87 Å². The standard InChI is InChI=1S/C22H20Cl2N2O4S/c1-15-7-12-20(30-2)21(13-15)31(28,29)26(17-10-8-16(23)9-11-17)14-22(27)25-19-6-4-3-5-18(19)24/h3-13H,14H2,1-2H3,(H,25,27). The Bertz CT molecular complexity index is 1200. The fourth-order valence-electron chi connectivity index (χ4n) is 2.91. The summed E-state index contributed by atoms with van der Waals surface area (Å²) in [5.41, 5.74) is 1.40. The predicted octanol–water partition coefficient (Wildman–Crippen LogP) is 5.14. The second-order valence-electron chi connectivity index (χ2n) is 6.67. The van der Waals surface area contributed by atoms with E-state index >= 15 is 0 Å². The highest BCUT2D eigenvalue weighted by molar-refractivity contribution is 7.93. The summed E-state index contributed by atoms with van der Waals surface area (Å²) in [6, 6.07) is 17.7. The molecule has 0 heterocycles. The third-order valence-electron chi connectivity index (χ3n) is 4.44. The molecule has 3 aromatic rings. The number of benzene rings is 3. The second kappa shape index (κ2) is 9.60. The van der Waals surface area contributed by atoms with Crippen molar-refractivity contribution < 1.29 is 17.9 Å². The molecule has 0 atom stereocenters. The molecule has 1 N–H and O–H groups in total. The zero-order valence-corrected chi connectivity index (χ0v) is 19.1. The van der Waals surface area contributed by atoms with Gasteiger partial charge in [-0.2, -0.15) is 0 Å². The van der Waals surface area contributed by atoms with Crippen molar-refractivity contribution in [3.05, 3.63) is 82.3 Å². The fourth-order valence-corrected chi connectivity index (χ4v) is 4.88. The van der Waals surface area contributed by atoms with Gasteiger partial charge in [0.15, 0.2) is 0 Å². The van der Waals surface area contributed by atoms with E-state index in [-0.39, 0.29) is 16.3 Å². The van der Waals surface area contributed by atoms with Crippen molar-refractivity contribution in [3.63, 3.8) is 0 Å². The Morgan fingerprint density at radius 1 is 1.03 bits per heavy atom. The molecule has 0 aliphatic carbocycles. The first-order chi connectivity index (χ1) is 14.7. The Kier molecular flexibility index (Phi) is 7.10. The molecule has 9 heteroatoms. The van der Waals surface area contributed by atoms with Gasteiger partial charge >= 0.3 is 0 Å². The van der Waals surface area contributed by atoms with Gasteiger partial charge in [-0.1, -0.05) is 41.4 Å². The van der Waals surface area contributed by atoms with E-state index in [1.165, 1.54) is 25.3 Å². The van der Waals surface area contributed by atoms with Gasteiger partial charge in [0.25, 0.3) is 10.0 Å². The molecule has 0 saturated carbocycles. The molecule has 0 fully saturated rings. The lowest BCUT2D eigenvalue weighted by atomic mass is 10.2. The maximum atomic E-state index is 13.6. The van der Waals surface area contributed by atoms with Gasteiger partial charge in [0, 0.05) is 5.02 Å². The number of rotatable bonds is 7. The van der Waals surface area contributed by atoms with E-state index in [1.807, 2.05) is 0 Å². The van der Waals surface area contributed by atoms with E-state index in [4.69, 9.17) is 27.9 Å². The van der Waals surface area contributed by atoms with E-state index in [9.17, 15) is 13.2 Å². The molecule has 0 radical (unpaired) electrons. The van der Waals surface area contributed by atoms with Crippen LogP contribution in [0.15, 0.2) is 71.6 Å². The number of ether oxygens (including phenoxy) is 1. The number of para-hydroxylation sites is 1. The number of nitrogens with zero attached hydrogens (tertiary/aromatic N) is 1. The van der Waals surface area contributed by atoms with Crippen LogP contribution in [0.2, 0.25) is 10.0 Å². The highest BCUT2D eigenvalue weighted by atomic mass is 35.5. The molecule has 0 aromatic heterocycles. The fraction of sp³-hybridized carbons (Fsp3) is 0.136. The van der Waals surface area contributed by atoms with Gasteiger partial charge in [0.2, 0.25) is 5.91 Å². The topological polar surface area (TPSA) is 75.7 Å². The molecule has 3 aromatic carbocycles. The van der Waals surface area contributed by atoms with Gasteiger partial charge in [-0.15, -0.1) is 0 Å². The first-order valence-electron chi connectivity index (χ1n) is 9.19. The molecule has 0 spiro atoms. The van der Waals surface area contributed by atoms with Crippen molar-refractivity contribution >= 4 is 50.5 Å². The Balaban J connectivity index is 2.03. The van der Waals surface area contributed by atoms with Crippen molar-refractivity contribution in [2.75, 3.05) is 23.3 Å². The van der Waals surface area contributed by atoms with Gasteiger partial charge in [0.05, 0.1) is 23.5 Å². The minimum absolute atomic E-state index is 0.0458. The van der Waals surface area contributed by atoms with Crippen LogP contribution >= 0.6 is 23.2 Å². The smallest absolute Gasteiger partial charge is 0.268 e. The summed E-state index contributed by atoms with van der Waals surface area (Å²) < 4.78 is 33.5. The average molecular weight is 479 g/mol. The maximum absolute atomic E-state index is 13.6. The number of carbonyl (C=O) groups excluding carboxylic acids is 1. The summed E-state index contributed by atoms with van der Waals surface area (Å²) >= 11 is 12.1. The summed E-state index contributed by atoms with van der Waals surface area (Å²) in [5.74, 6) is -0.380. The van der Waals surface area contributed by atoms with Gasteiger partial charge in [-0.3, -0.25) is 9.10 Å². The number of halogens is 2. The lowest BCUT2D eigenvalue weighted by Crippen LogP contribution is -2.38. The number of nitrogens with one attached hydrogen (secondary N) is 1. The molecule has 0 bridgehead atoms. The van der Waals surface area contributed by atoms with Gasteiger partial charge in [0.1, 0.15) is 17.2 Å². The van der Waals surface area contributed by atoms with Gasteiger partial charge in [-0.05, 0) is 61.0 Å². The first-order valence-corrected chi connectivity index (χ1v) is 11.4. The first kappa shape index (κ1) is 22.9. The number of amides is 1. The Morgan fingerprint density at radius 2 is 1.71 bits per heavy atom. The van der Waals surface area contributed by atoms with E-state index < -0.39 is 22.5 Å². The number of anilines is 2. The summed E-state index contributed by atoms with van der Waals surface area (Å²) in [4.78, 5) is 12.7. The summed E-state index contributed by atoms with van der Waals surface area (Å²) in [6.07, 6.45) is 0. The summed E-state index contributed by atoms with van der Waals surface area (Å²) in [6.45, 7) is 1.29. The van der Waals surface area contributed by atoms with Crippen molar-refractivity contribution in [3.8, 4) is 5.75 Å². The molecule has 6 nitrogen and oxygen atoms in total. The normalized spacial score (nSPS) is 11.1. The maximum Gasteiger partial charge on any atom is 0.268 e.